The number of furan rings is 1. The van der Waals surface area contributed by atoms with Gasteiger partial charge in [0.05, 0.1) is 35.6 Å². The first-order valence-corrected chi connectivity index (χ1v) is 14.5. The average molecular weight is 602 g/mol. The first-order chi connectivity index (χ1) is 20.7. The van der Waals surface area contributed by atoms with Crippen molar-refractivity contribution in [2.75, 3.05) is 27.3 Å². The van der Waals surface area contributed by atoms with Gasteiger partial charge in [0, 0.05) is 30.3 Å². The van der Waals surface area contributed by atoms with Gasteiger partial charge in [0.2, 0.25) is 0 Å². The zero-order valence-electron chi connectivity index (χ0n) is 24.4. The molecule has 2 aromatic heterocycles. The van der Waals surface area contributed by atoms with E-state index in [2.05, 4.69) is 0 Å². The number of thiazole rings is 1. The number of amides is 1. The maximum atomic E-state index is 14.1. The van der Waals surface area contributed by atoms with Crippen molar-refractivity contribution >= 4 is 29.3 Å². The quantitative estimate of drug-likeness (QED) is 0.307. The molecule has 1 N–H and O–H groups in total. The van der Waals surface area contributed by atoms with Crippen molar-refractivity contribution < 1.29 is 28.6 Å². The molecule has 2 aromatic carbocycles. The van der Waals surface area contributed by atoms with Crippen molar-refractivity contribution in [1.82, 2.24) is 9.47 Å². The fourth-order valence-electron chi connectivity index (χ4n) is 5.21. The second kappa shape index (κ2) is 12.1. The van der Waals surface area contributed by atoms with Crippen molar-refractivity contribution in [2.24, 2.45) is 4.99 Å². The molecule has 1 aliphatic heterocycles. The smallest absolute Gasteiger partial charge is 0.336 e. The largest absolute Gasteiger partial charge is 0.497 e. The standard InChI is InChI=1S/C32H31N3O7S/c1-6-34(7-2)30(37)27-18(3)33-32-35(28(27)23-16-19(40-4)12-14-24(23)41-5)29(36)26(43-32)17-20-13-15-25(42-20)21-10-8-9-11-22(21)31(38)39/h8-17,28H,6-7H2,1-5H3,(H,38,39)/b26-17+/t28-/m0/s1. The van der Waals surface area contributed by atoms with E-state index >= 15 is 0 Å². The lowest BCUT2D eigenvalue weighted by molar-refractivity contribution is -0.127. The molecule has 0 saturated carbocycles. The summed E-state index contributed by atoms with van der Waals surface area (Å²) in [5, 5.41) is 9.59. The van der Waals surface area contributed by atoms with Gasteiger partial charge >= 0.3 is 5.97 Å². The van der Waals surface area contributed by atoms with E-state index in [1.165, 1.54) is 29.1 Å². The van der Waals surface area contributed by atoms with Crippen LogP contribution in [0, 0.1) is 0 Å². The highest BCUT2D eigenvalue weighted by atomic mass is 32.1. The van der Waals surface area contributed by atoms with Crippen LogP contribution in [0.4, 0.5) is 0 Å². The lowest BCUT2D eigenvalue weighted by Crippen LogP contribution is -2.43. The molecule has 222 valence electrons. The number of carbonyl (C=O) groups is 2. The molecule has 4 aromatic rings. The zero-order valence-corrected chi connectivity index (χ0v) is 25.2. The number of benzene rings is 2. The predicted molar refractivity (Wildman–Crippen MR) is 162 cm³/mol. The Kier molecular flexibility index (Phi) is 8.36. The number of ether oxygens (including phenoxy) is 2. The van der Waals surface area contributed by atoms with E-state index in [0.29, 0.717) is 67.8 Å². The van der Waals surface area contributed by atoms with Crippen molar-refractivity contribution in [3.63, 3.8) is 0 Å². The monoisotopic (exact) mass is 601 g/mol. The number of carbonyl (C=O) groups excluding carboxylic acids is 1. The molecule has 11 heteroatoms. The van der Waals surface area contributed by atoms with Gasteiger partial charge in [-0.1, -0.05) is 29.5 Å². The van der Waals surface area contributed by atoms with Crippen molar-refractivity contribution in [3.8, 4) is 22.8 Å². The fraction of sp³-hybridized carbons (Fsp3) is 0.250. The van der Waals surface area contributed by atoms with Gasteiger partial charge in [0.1, 0.15) is 29.1 Å². The Morgan fingerprint density at radius 1 is 1.09 bits per heavy atom. The van der Waals surface area contributed by atoms with Crippen molar-refractivity contribution in [1.29, 1.82) is 0 Å². The third kappa shape index (κ3) is 5.39. The summed E-state index contributed by atoms with van der Waals surface area (Å²) in [4.78, 5) is 46.5. The van der Waals surface area contributed by atoms with Crippen LogP contribution in [0.3, 0.4) is 0 Å². The number of aromatic carboxylic acids is 1. The minimum absolute atomic E-state index is 0.107. The molecule has 0 fully saturated rings. The molecule has 0 radical (unpaired) electrons. The highest BCUT2D eigenvalue weighted by Gasteiger charge is 2.36. The van der Waals surface area contributed by atoms with E-state index < -0.39 is 12.0 Å². The Bertz CT molecular complexity index is 1930. The van der Waals surface area contributed by atoms with Crippen LogP contribution in [0.1, 0.15) is 48.5 Å². The molecule has 5 rings (SSSR count). The maximum absolute atomic E-state index is 14.1. The summed E-state index contributed by atoms with van der Waals surface area (Å²) in [7, 11) is 3.08. The lowest BCUT2D eigenvalue weighted by atomic mass is 9.93. The van der Waals surface area contributed by atoms with Gasteiger partial charge in [-0.25, -0.2) is 9.79 Å². The molecule has 43 heavy (non-hydrogen) atoms. The van der Waals surface area contributed by atoms with Crippen LogP contribution in [0.25, 0.3) is 17.4 Å². The van der Waals surface area contributed by atoms with Gasteiger partial charge in [-0.3, -0.25) is 14.2 Å². The van der Waals surface area contributed by atoms with Crippen LogP contribution in [0.15, 0.2) is 80.1 Å². The van der Waals surface area contributed by atoms with Crippen LogP contribution in [-0.2, 0) is 4.79 Å². The molecule has 10 nitrogen and oxygen atoms in total. The number of aromatic nitrogens is 1. The highest BCUT2D eigenvalue weighted by molar-refractivity contribution is 7.07. The number of allylic oxidation sites excluding steroid dienone is 1. The van der Waals surface area contributed by atoms with Crippen molar-refractivity contribution in [2.45, 2.75) is 26.8 Å². The summed E-state index contributed by atoms with van der Waals surface area (Å²) in [5.74, 6) is 0.480. The van der Waals surface area contributed by atoms with Gasteiger partial charge < -0.3 is 23.9 Å². The number of carboxylic acids is 1. The summed E-state index contributed by atoms with van der Waals surface area (Å²) in [6.07, 6.45) is 1.60. The van der Waals surface area contributed by atoms with Crippen LogP contribution in [0.2, 0.25) is 0 Å². The van der Waals surface area contributed by atoms with Gasteiger partial charge in [0.15, 0.2) is 4.80 Å². The molecule has 1 atom stereocenters. The average Bonchev–Trinajstić information content (AvgIpc) is 3.60. The number of nitrogens with zero attached hydrogens (tertiary/aromatic N) is 3. The molecule has 0 unspecified atom stereocenters. The Labute approximate surface area is 251 Å². The second-order valence-electron chi connectivity index (χ2n) is 9.72. The Balaban J connectivity index is 1.70. The number of fused-ring (bicyclic) bond motifs is 1. The van der Waals surface area contributed by atoms with Crippen LogP contribution in [-0.4, -0.2) is 53.8 Å². The Hall–Kier alpha value is -4.90. The van der Waals surface area contributed by atoms with E-state index in [1.807, 2.05) is 13.8 Å². The van der Waals surface area contributed by atoms with E-state index in [4.69, 9.17) is 18.9 Å². The number of methoxy groups -OCH3 is 2. The Morgan fingerprint density at radius 3 is 2.51 bits per heavy atom. The van der Waals surface area contributed by atoms with Gasteiger partial charge in [-0.2, -0.15) is 0 Å². The van der Waals surface area contributed by atoms with Gasteiger partial charge in [-0.05, 0) is 57.2 Å². The van der Waals surface area contributed by atoms with Crippen LogP contribution in [0.5, 0.6) is 11.5 Å². The molecule has 3 heterocycles. The molecule has 1 amide bonds. The summed E-state index contributed by atoms with van der Waals surface area (Å²) in [6, 6.07) is 14.3. The van der Waals surface area contributed by atoms with E-state index in [0.717, 1.165) is 0 Å². The number of carboxylic acid groups (broad SMARTS) is 1. The number of rotatable bonds is 9. The topological polar surface area (TPSA) is 124 Å². The molecule has 1 aliphatic rings. The number of hydrogen-bond acceptors (Lipinski definition) is 8. The van der Waals surface area contributed by atoms with Gasteiger partial charge in [-0.15, -0.1) is 0 Å². The third-order valence-corrected chi connectivity index (χ3v) is 8.34. The maximum Gasteiger partial charge on any atom is 0.336 e. The number of hydrogen-bond donors (Lipinski definition) is 1. The molecule has 0 aliphatic carbocycles. The Morgan fingerprint density at radius 2 is 1.84 bits per heavy atom. The zero-order chi connectivity index (χ0) is 30.8. The highest BCUT2D eigenvalue weighted by Crippen LogP contribution is 2.38. The molecular weight excluding hydrogens is 570 g/mol. The van der Waals surface area contributed by atoms with Gasteiger partial charge in [0.25, 0.3) is 11.5 Å². The SMILES string of the molecule is CCN(CC)C(=O)C1=C(C)N=c2s/c(=C/c3ccc(-c4ccccc4C(=O)O)o3)c(=O)n2[C@H]1c1cc(OC)ccc1OC. The molecule has 0 saturated heterocycles. The summed E-state index contributed by atoms with van der Waals surface area (Å²) >= 11 is 1.17. The predicted octanol–water partition coefficient (Wildman–Crippen LogP) is 4.08. The van der Waals surface area contributed by atoms with E-state index in [9.17, 15) is 19.5 Å². The van der Waals surface area contributed by atoms with Crippen molar-refractivity contribution in [3.05, 3.63) is 102 Å². The van der Waals surface area contributed by atoms with E-state index in [-0.39, 0.29) is 17.0 Å². The van der Waals surface area contributed by atoms with Crippen LogP contribution < -0.4 is 24.4 Å². The summed E-state index contributed by atoms with van der Waals surface area (Å²) < 4.78 is 19.0. The normalized spacial score (nSPS) is 14.7. The minimum atomic E-state index is -1.07. The first kappa shape index (κ1) is 29.6. The second-order valence-corrected chi connectivity index (χ2v) is 10.7. The molecule has 0 bridgehead atoms. The summed E-state index contributed by atoms with van der Waals surface area (Å²) in [6.45, 7) is 6.56. The van der Waals surface area contributed by atoms with Crippen LogP contribution >= 0.6 is 11.3 Å². The summed E-state index contributed by atoms with van der Waals surface area (Å²) in [5.41, 5.74) is 1.64. The first-order valence-electron chi connectivity index (χ1n) is 13.7. The fourth-order valence-corrected chi connectivity index (χ4v) is 6.24. The molecular formula is C32H31N3O7S. The molecule has 0 spiro atoms. The lowest BCUT2D eigenvalue weighted by Gasteiger charge is -2.30. The minimum Gasteiger partial charge on any atom is -0.497 e. The van der Waals surface area contributed by atoms with E-state index in [1.54, 1.807) is 73.5 Å². The third-order valence-electron chi connectivity index (χ3n) is 7.36. The number of likely N-dealkylation sites (N-methyl/N-ethyl adjacent to an activating group) is 1.